The molecule has 0 bridgehead atoms. The van der Waals surface area contributed by atoms with Crippen LogP contribution in [0.2, 0.25) is 5.02 Å². The van der Waals surface area contributed by atoms with Crippen molar-refractivity contribution in [3.8, 4) is 0 Å². The van der Waals surface area contributed by atoms with E-state index in [9.17, 15) is 4.79 Å². The third-order valence-corrected chi connectivity index (χ3v) is 3.62. The van der Waals surface area contributed by atoms with Crippen molar-refractivity contribution < 1.29 is 4.79 Å². The third-order valence-electron chi connectivity index (χ3n) is 3.37. The van der Waals surface area contributed by atoms with Gasteiger partial charge in [0, 0.05) is 12.1 Å². The molecule has 1 N–H and O–H groups in total. The number of anilines is 1. The largest absolute Gasteiger partial charge is 0.350 e. The fourth-order valence-electron chi connectivity index (χ4n) is 2.36. The van der Waals surface area contributed by atoms with Gasteiger partial charge in [0.1, 0.15) is 6.17 Å². The van der Waals surface area contributed by atoms with E-state index in [-0.39, 0.29) is 12.1 Å². The van der Waals surface area contributed by atoms with Gasteiger partial charge in [-0.1, -0.05) is 35.9 Å². The Morgan fingerprint density at radius 2 is 1.79 bits per heavy atom. The maximum atomic E-state index is 12.1. The van der Waals surface area contributed by atoms with Crippen molar-refractivity contribution in [3.63, 3.8) is 0 Å². The maximum Gasteiger partial charge on any atom is 0.255 e. The van der Waals surface area contributed by atoms with Crippen LogP contribution in [0.3, 0.4) is 0 Å². The minimum atomic E-state index is -0.167. The molecule has 1 aliphatic rings. The topological polar surface area (TPSA) is 32.3 Å². The van der Waals surface area contributed by atoms with Gasteiger partial charge in [-0.25, -0.2) is 0 Å². The molecule has 0 aromatic heterocycles. The Morgan fingerprint density at radius 3 is 2.53 bits per heavy atom. The van der Waals surface area contributed by atoms with E-state index in [0.717, 1.165) is 11.3 Å². The molecule has 0 radical (unpaired) electrons. The van der Waals surface area contributed by atoms with Gasteiger partial charge >= 0.3 is 0 Å². The molecule has 0 spiro atoms. The molecule has 1 aliphatic heterocycles. The molecule has 0 fully saturated rings. The van der Waals surface area contributed by atoms with E-state index in [2.05, 4.69) is 10.2 Å². The number of amides is 1. The van der Waals surface area contributed by atoms with Crippen molar-refractivity contribution in [1.82, 2.24) is 5.32 Å². The van der Waals surface area contributed by atoms with Gasteiger partial charge in [-0.15, -0.1) is 0 Å². The van der Waals surface area contributed by atoms with Crippen LogP contribution in [0.4, 0.5) is 5.69 Å². The average Bonchev–Trinajstić information content (AvgIpc) is 2.44. The summed E-state index contributed by atoms with van der Waals surface area (Å²) in [6.07, 6.45) is -0.167. The number of para-hydroxylation sites is 1. The van der Waals surface area contributed by atoms with E-state index < -0.39 is 0 Å². The molecule has 2 aromatic carbocycles. The highest BCUT2D eigenvalue weighted by atomic mass is 35.5. The second-order valence-electron chi connectivity index (χ2n) is 4.56. The lowest BCUT2D eigenvalue weighted by molar-refractivity contribution is 0.0928. The summed E-state index contributed by atoms with van der Waals surface area (Å²) in [6.45, 7) is 0. The van der Waals surface area contributed by atoms with Crippen LogP contribution in [0.25, 0.3) is 0 Å². The van der Waals surface area contributed by atoms with Crippen LogP contribution in [0, 0.1) is 0 Å². The Balaban J connectivity index is 2.02. The molecule has 3 nitrogen and oxygen atoms in total. The molecule has 0 aliphatic carbocycles. The molecular weight excluding hydrogens is 260 g/mol. The summed E-state index contributed by atoms with van der Waals surface area (Å²) >= 11 is 5.90. The van der Waals surface area contributed by atoms with Crippen molar-refractivity contribution >= 4 is 23.2 Å². The fourth-order valence-corrected chi connectivity index (χ4v) is 2.49. The number of hydrogen-bond donors (Lipinski definition) is 1. The van der Waals surface area contributed by atoms with Gasteiger partial charge in [0.15, 0.2) is 0 Å². The summed E-state index contributed by atoms with van der Waals surface area (Å²) in [5.41, 5.74) is 2.65. The fraction of sp³-hybridized carbons (Fsp3) is 0.133. The Hall–Kier alpha value is -2.00. The zero-order valence-electron chi connectivity index (χ0n) is 10.4. The van der Waals surface area contributed by atoms with Gasteiger partial charge in [-0.3, -0.25) is 4.79 Å². The molecule has 1 amide bonds. The van der Waals surface area contributed by atoms with Crippen molar-refractivity contribution in [3.05, 3.63) is 64.7 Å². The molecule has 19 heavy (non-hydrogen) atoms. The molecule has 1 atom stereocenters. The summed E-state index contributed by atoms with van der Waals surface area (Å²) < 4.78 is 0. The highest BCUT2D eigenvalue weighted by Crippen LogP contribution is 2.31. The van der Waals surface area contributed by atoms with E-state index in [4.69, 9.17) is 11.6 Å². The quantitative estimate of drug-likeness (QED) is 0.864. The second-order valence-corrected chi connectivity index (χ2v) is 4.99. The lowest BCUT2D eigenvalue weighted by Crippen LogP contribution is -2.44. The number of carbonyl (C=O) groups is 1. The predicted molar refractivity (Wildman–Crippen MR) is 76.5 cm³/mol. The number of carbonyl (C=O) groups excluding carboxylic acids is 1. The van der Waals surface area contributed by atoms with Crippen molar-refractivity contribution in [1.29, 1.82) is 0 Å². The third kappa shape index (κ3) is 2.06. The number of hydrogen-bond acceptors (Lipinski definition) is 2. The van der Waals surface area contributed by atoms with Crippen LogP contribution in [-0.4, -0.2) is 13.0 Å². The second kappa shape index (κ2) is 4.59. The number of benzene rings is 2. The van der Waals surface area contributed by atoms with Crippen molar-refractivity contribution in [2.45, 2.75) is 6.17 Å². The Kier molecular flexibility index (Phi) is 2.91. The van der Waals surface area contributed by atoms with Gasteiger partial charge < -0.3 is 10.2 Å². The summed E-state index contributed by atoms with van der Waals surface area (Å²) in [6, 6.07) is 15.1. The monoisotopic (exact) mass is 272 g/mol. The molecule has 0 saturated carbocycles. The average molecular weight is 273 g/mol. The zero-order chi connectivity index (χ0) is 13.4. The van der Waals surface area contributed by atoms with Crippen LogP contribution >= 0.6 is 11.6 Å². The van der Waals surface area contributed by atoms with Gasteiger partial charge in [0.05, 0.1) is 11.3 Å². The summed E-state index contributed by atoms with van der Waals surface area (Å²) in [5.74, 6) is -0.0475. The number of nitrogens with zero attached hydrogens (tertiary/aromatic N) is 1. The van der Waals surface area contributed by atoms with E-state index >= 15 is 0 Å². The minimum absolute atomic E-state index is 0.0475. The van der Waals surface area contributed by atoms with E-state index in [1.165, 1.54) is 0 Å². The molecule has 0 saturated heterocycles. The molecular formula is C15H13ClN2O. The smallest absolute Gasteiger partial charge is 0.255 e. The molecule has 2 aromatic rings. The van der Waals surface area contributed by atoms with Gasteiger partial charge in [0.25, 0.3) is 5.91 Å². The molecule has 4 heteroatoms. The number of halogens is 1. The Labute approximate surface area is 116 Å². The van der Waals surface area contributed by atoms with Crippen molar-refractivity contribution in [2.24, 2.45) is 0 Å². The number of nitrogens with one attached hydrogen (secondary N) is 1. The minimum Gasteiger partial charge on any atom is -0.350 e. The zero-order valence-corrected chi connectivity index (χ0v) is 11.2. The van der Waals surface area contributed by atoms with Crippen LogP contribution in [0.1, 0.15) is 22.1 Å². The molecule has 1 heterocycles. The SMILES string of the molecule is CN1c2ccccc2C(=O)N[C@H]1c1ccc(Cl)cc1. The lowest BCUT2D eigenvalue weighted by atomic mass is 10.0. The van der Waals surface area contributed by atoms with Gasteiger partial charge in [-0.2, -0.15) is 0 Å². The van der Waals surface area contributed by atoms with Crippen LogP contribution in [0.5, 0.6) is 0 Å². The van der Waals surface area contributed by atoms with Crippen LogP contribution < -0.4 is 10.2 Å². The Bertz CT molecular complexity index is 624. The first-order valence-corrected chi connectivity index (χ1v) is 6.43. The molecule has 96 valence electrons. The number of rotatable bonds is 1. The van der Waals surface area contributed by atoms with E-state index in [1.54, 1.807) is 0 Å². The van der Waals surface area contributed by atoms with Crippen LogP contribution in [0.15, 0.2) is 48.5 Å². The normalized spacial score (nSPS) is 17.9. The van der Waals surface area contributed by atoms with Crippen molar-refractivity contribution in [2.75, 3.05) is 11.9 Å². The van der Waals surface area contributed by atoms with Gasteiger partial charge in [-0.05, 0) is 29.8 Å². The molecule has 0 unspecified atom stereocenters. The standard InChI is InChI=1S/C15H13ClN2O/c1-18-13-5-3-2-4-12(13)15(19)17-14(18)10-6-8-11(16)9-7-10/h2-9,14H,1H3,(H,17,19)/t14-/m1/s1. The maximum absolute atomic E-state index is 12.1. The highest BCUT2D eigenvalue weighted by molar-refractivity contribution is 6.30. The predicted octanol–water partition coefficient (Wildman–Crippen LogP) is 3.22. The van der Waals surface area contributed by atoms with Gasteiger partial charge in [0.2, 0.25) is 0 Å². The Morgan fingerprint density at radius 1 is 1.11 bits per heavy atom. The first-order chi connectivity index (χ1) is 9.16. The summed E-state index contributed by atoms with van der Waals surface area (Å²) in [4.78, 5) is 14.2. The first kappa shape index (κ1) is 12.1. The van der Waals surface area contributed by atoms with E-state index in [1.807, 2.05) is 55.6 Å². The molecule has 3 rings (SSSR count). The van der Waals surface area contributed by atoms with Crippen LogP contribution in [-0.2, 0) is 0 Å². The van der Waals surface area contributed by atoms with E-state index in [0.29, 0.717) is 10.6 Å². The first-order valence-electron chi connectivity index (χ1n) is 6.05. The summed E-state index contributed by atoms with van der Waals surface area (Å²) in [5, 5.41) is 3.69. The lowest BCUT2D eigenvalue weighted by Gasteiger charge is -2.36. The summed E-state index contributed by atoms with van der Waals surface area (Å²) in [7, 11) is 1.97. The number of fused-ring (bicyclic) bond motifs is 1. The highest BCUT2D eigenvalue weighted by Gasteiger charge is 2.28.